The van der Waals surface area contributed by atoms with Crippen molar-refractivity contribution in [2.45, 2.75) is 66.2 Å². The quantitative estimate of drug-likeness (QED) is 0.803. The second kappa shape index (κ2) is 7.05. The van der Waals surface area contributed by atoms with Gasteiger partial charge in [0.15, 0.2) is 0 Å². The molecule has 114 valence electrons. The Morgan fingerprint density at radius 2 is 1.84 bits per heavy atom. The average Bonchev–Trinajstić information content (AvgIpc) is 2.20. The van der Waals surface area contributed by atoms with Crippen molar-refractivity contribution in [3.8, 4) is 0 Å². The van der Waals surface area contributed by atoms with Crippen LogP contribution in [0.4, 0.5) is 0 Å². The van der Waals surface area contributed by atoms with E-state index in [9.17, 15) is 0 Å². The van der Waals surface area contributed by atoms with Crippen molar-refractivity contribution in [2.24, 2.45) is 11.8 Å². The van der Waals surface area contributed by atoms with Crippen LogP contribution in [0.2, 0.25) is 0 Å². The molecule has 1 saturated heterocycles. The molecule has 0 aliphatic carbocycles. The molecule has 0 aromatic rings. The fourth-order valence-electron chi connectivity index (χ4n) is 3.06. The maximum absolute atomic E-state index is 6.01. The highest BCUT2D eigenvalue weighted by atomic mass is 16.5. The van der Waals surface area contributed by atoms with Gasteiger partial charge in [0.25, 0.3) is 0 Å². The fourth-order valence-corrected chi connectivity index (χ4v) is 3.06. The minimum absolute atomic E-state index is 0.0249. The van der Waals surface area contributed by atoms with Gasteiger partial charge in [0, 0.05) is 25.7 Å². The van der Waals surface area contributed by atoms with Gasteiger partial charge in [0.05, 0.1) is 11.7 Å². The largest absolute Gasteiger partial charge is 0.370 e. The van der Waals surface area contributed by atoms with Gasteiger partial charge >= 0.3 is 0 Å². The smallest absolute Gasteiger partial charge is 0.0757 e. The zero-order chi connectivity index (χ0) is 14.6. The summed E-state index contributed by atoms with van der Waals surface area (Å²) < 4.78 is 6.01. The lowest BCUT2D eigenvalue weighted by Crippen LogP contribution is -2.58. The summed E-state index contributed by atoms with van der Waals surface area (Å²) in [7, 11) is 0. The highest BCUT2D eigenvalue weighted by molar-refractivity contribution is 4.88. The molecule has 0 aromatic heterocycles. The summed E-state index contributed by atoms with van der Waals surface area (Å²) in [5.41, 5.74) is -0.0249. The van der Waals surface area contributed by atoms with Crippen LogP contribution in [-0.4, -0.2) is 48.8 Å². The van der Waals surface area contributed by atoms with Crippen LogP contribution in [0.5, 0.6) is 0 Å². The van der Waals surface area contributed by atoms with Crippen molar-refractivity contribution in [2.75, 3.05) is 26.2 Å². The van der Waals surface area contributed by atoms with Crippen molar-refractivity contribution >= 4 is 0 Å². The van der Waals surface area contributed by atoms with Gasteiger partial charge in [0.1, 0.15) is 0 Å². The Kier molecular flexibility index (Phi) is 6.28. The van der Waals surface area contributed by atoms with E-state index >= 15 is 0 Å². The van der Waals surface area contributed by atoms with E-state index in [1.165, 1.54) is 0 Å². The van der Waals surface area contributed by atoms with Crippen molar-refractivity contribution in [1.29, 1.82) is 0 Å². The molecule has 1 N–H and O–H groups in total. The number of rotatable bonds is 6. The molecule has 0 saturated carbocycles. The van der Waals surface area contributed by atoms with Crippen molar-refractivity contribution in [3.05, 3.63) is 0 Å². The molecule has 0 bridgehead atoms. The first-order chi connectivity index (χ1) is 8.71. The molecule has 1 rings (SSSR count). The third-order valence-electron chi connectivity index (χ3n) is 3.74. The molecule has 0 aromatic carbocycles. The lowest BCUT2D eigenvalue weighted by molar-refractivity contribution is -0.141. The molecule has 1 aliphatic rings. The summed E-state index contributed by atoms with van der Waals surface area (Å²) in [4.78, 5) is 2.62. The summed E-state index contributed by atoms with van der Waals surface area (Å²) in [6.45, 7) is 20.0. The Hall–Kier alpha value is -0.120. The van der Waals surface area contributed by atoms with E-state index in [1.54, 1.807) is 0 Å². The van der Waals surface area contributed by atoms with E-state index < -0.39 is 0 Å². The summed E-state index contributed by atoms with van der Waals surface area (Å²) in [6.07, 6.45) is 0.329. The molecule has 2 unspecified atom stereocenters. The Balaban J connectivity index is 2.59. The summed E-state index contributed by atoms with van der Waals surface area (Å²) in [5.74, 6) is 1.38. The first-order valence-electron chi connectivity index (χ1n) is 7.84. The highest BCUT2D eigenvalue weighted by Gasteiger charge is 2.35. The molecule has 19 heavy (non-hydrogen) atoms. The standard InChI is InChI=1S/C16H34N2O/c1-12(2)8-17-9-15(13(3)4)18-10-14(5)19-16(6,7)11-18/h12-15,17H,8-11H2,1-7H3. The Bertz CT molecular complexity index is 263. The Morgan fingerprint density at radius 3 is 2.32 bits per heavy atom. The van der Waals surface area contributed by atoms with E-state index in [4.69, 9.17) is 4.74 Å². The molecule has 1 aliphatic heterocycles. The zero-order valence-corrected chi connectivity index (χ0v) is 14.0. The van der Waals surface area contributed by atoms with Crippen LogP contribution < -0.4 is 5.32 Å². The van der Waals surface area contributed by atoms with E-state index in [1.807, 2.05) is 0 Å². The van der Waals surface area contributed by atoms with Crippen LogP contribution in [0.1, 0.15) is 48.5 Å². The second-order valence-electron chi connectivity index (χ2n) is 7.48. The summed E-state index contributed by atoms with van der Waals surface area (Å²) in [5, 5.41) is 3.62. The van der Waals surface area contributed by atoms with Crippen LogP contribution in [0, 0.1) is 11.8 Å². The van der Waals surface area contributed by atoms with Crippen molar-refractivity contribution in [1.82, 2.24) is 10.2 Å². The van der Waals surface area contributed by atoms with Crippen LogP contribution >= 0.6 is 0 Å². The SMILES string of the molecule is CC(C)CNCC(C(C)C)N1CC(C)OC(C)(C)C1. The average molecular weight is 270 g/mol. The molecular weight excluding hydrogens is 236 g/mol. The molecule has 3 heteroatoms. The molecule has 2 atom stereocenters. The van der Waals surface area contributed by atoms with E-state index in [0.717, 1.165) is 26.2 Å². The number of nitrogens with one attached hydrogen (secondary N) is 1. The first-order valence-corrected chi connectivity index (χ1v) is 7.84. The minimum atomic E-state index is -0.0249. The normalized spacial score (nSPS) is 26.1. The predicted molar refractivity (Wildman–Crippen MR) is 82.5 cm³/mol. The monoisotopic (exact) mass is 270 g/mol. The van der Waals surface area contributed by atoms with Crippen LogP contribution in [-0.2, 0) is 4.74 Å². The molecular formula is C16H34N2O. The summed E-state index contributed by atoms with van der Waals surface area (Å²) in [6, 6.07) is 0.601. The van der Waals surface area contributed by atoms with Gasteiger partial charge < -0.3 is 10.1 Å². The molecule has 3 nitrogen and oxygen atoms in total. The molecule has 0 radical (unpaired) electrons. The van der Waals surface area contributed by atoms with E-state index in [2.05, 4.69) is 58.7 Å². The van der Waals surface area contributed by atoms with Crippen molar-refractivity contribution < 1.29 is 4.74 Å². The molecule has 0 spiro atoms. The van der Waals surface area contributed by atoms with Gasteiger partial charge in [-0.05, 0) is 39.2 Å². The lowest BCUT2D eigenvalue weighted by atomic mass is 9.97. The van der Waals surface area contributed by atoms with E-state index in [-0.39, 0.29) is 5.60 Å². The number of morpholine rings is 1. The van der Waals surface area contributed by atoms with Gasteiger partial charge in [-0.3, -0.25) is 4.90 Å². The van der Waals surface area contributed by atoms with Gasteiger partial charge in [0.2, 0.25) is 0 Å². The summed E-state index contributed by atoms with van der Waals surface area (Å²) >= 11 is 0. The maximum atomic E-state index is 6.01. The predicted octanol–water partition coefficient (Wildman–Crippen LogP) is 2.76. The van der Waals surface area contributed by atoms with Crippen LogP contribution in [0.15, 0.2) is 0 Å². The topological polar surface area (TPSA) is 24.5 Å². The van der Waals surface area contributed by atoms with Crippen LogP contribution in [0.3, 0.4) is 0 Å². The Morgan fingerprint density at radius 1 is 1.21 bits per heavy atom. The highest BCUT2D eigenvalue weighted by Crippen LogP contribution is 2.24. The van der Waals surface area contributed by atoms with Gasteiger partial charge in [-0.1, -0.05) is 27.7 Å². The second-order valence-corrected chi connectivity index (χ2v) is 7.48. The number of ether oxygens (including phenoxy) is 1. The Labute approximate surface area is 120 Å². The van der Waals surface area contributed by atoms with Gasteiger partial charge in [-0.15, -0.1) is 0 Å². The van der Waals surface area contributed by atoms with Gasteiger partial charge in [-0.2, -0.15) is 0 Å². The number of hydrogen-bond donors (Lipinski definition) is 1. The van der Waals surface area contributed by atoms with Gasteiger partial charge in [-0.25, -0.2) is 0 Å². The molecule has 1 heterocycles. The lowest BCUT2D eigenvalue weighted by Gasteiger charge is -2.46. The zero-order valence-electron chi connectivity index (χ0n) is 14.0. The van der Waals surface area contributed by atoms with Crippen molar-refractivity contribution in [3.63, 3.8) is 0 Å². The fraction of sp³-hybridized carbons (Fsp3) is 1.00. The molecule has 1 fully saturated rings. The number of nitrogens with zero attached hydrogens (tertiary/aromatic N) is 1. The van der Waals surface area contributed by atoms with Crippen LogP contribution in [0.25, 0.3) is 0 Å². The number of hydrogen-bond acceptors (Lipinski definition) is 3. The third kappa shape index (κ3) is 5.80. The third-order valence-corrected chi connectivity index (χ3v) is 3.74. The minimum Gasteiger partial charge on any atom is -0.370 e. The first kappa shape index (κ1) is 16.9. The molecule has 0 amide bonds. The maximum Gasteiger partial charge on any atom is 0.0757 e. The van der Waals surface area contributed by atoms with E-state index in [0.29, 0.717) is 24.0 Å².